The highest BCUT2D eigenvalue weighted by molar-refractivity contribution is 5.96. The van der Waals surface area contributed by atoms with Crippen molar-refractivity contribution in [2.45, 2.75) is 13.0 Å². The first-order valence-corrected chi connectivity index (χ1v) is 7.77. The summed E-state index contributed by atoms with van der Waals surface area (Å²) in [5, 5.41) is 15.0. The smallest absolute Gasteiger partial charge is 0.340 e. The molecule has 0 radical (unpaired) electrons. The lowest BCUT2D eigenvalue weighted by Gasteiger charge is -2.15. The van der Waals surface area contributed by atoms with Crippen LogP contribution < -0.4 is 5.32 Å². The zero-order valence-corrected chi connectivity index (χ0v) is 14.3. The standard InChI is InChI=1S/C18H17F3N2O4/c1-10-3-6-15(14(20)7-10)23-17-12(4-5-13(19)16(17)21)18(25)26-8-11(24)9-27-22-2/h3-7,11,23-24H,2,8-9H2,1H3. The molecule has 27 heavy (non-hydrogen) atoms. The molecule has 0 amide bonds. The quantitative estimate of drug-likeness (QED) is 0.416. The monoisotopic (exact) mass is 382 g/mol. The first kappa shape index (κ1) is 20.2. The van der Waals surface area contributed by atoms with Gasteiger partial charge in [0.1, 0.15) is 25.1 Å². The Morgan fingerprint density at radius 3 is 2.63 bits per heavy atom. The number of oxime groups is 1. The third-order valence-corrected chi connectivity index (χ3v) is 3.46. The molecule has 0 saturated carbocycles. The van der Waals surface area contributed by atoms with Gasteiger partial charge in [-0.05, 0) is 36.8 Å². The summed E-state index contributed by atoms with van der Waals surface area (Å²) in [5.74, 6) is -4.35. The van der Waals surface area contributed by atoms with E-state index in [4.69, 9.17) is 4.74 Å². The average Bonchev–Trinajstić information content (AvgIpc) is 2.63. The molecule has 0 bridgehead atoms. The number of nitrogens with zero attached hydrogens (tertiary/aromatic N) is 1. The highest BCUT2D eigenvalue weighted by Gasteiger charge is 2.22. The predicted octanol–water partition coefficient (Wildman–Crippen LogP) is 3.31. The minimum absolute atomic E-state index is 0.148. The van der Waals surface area contributed by atoms with Crippen molar-refractivity contribution in [1.29, 1.82) is 0 Å². The first-order valence-electron chi connectivity index (χ1n) is 7.77. The Bertz CT molecular complexity index is 846. The van der Waals surface area contributed by atoms with Gasteiger partial charge in [0.25, 0.3) is 0 Å². The van der Waals surface area contributed by atoms with Crippen LogP contribution in [-0.2, 0) is 9.57 Å². The van der Waals surface area contributed by atoms with Crippen LogP contribution in [0.2, 0.25) is 0 Å². The second-order valence-corrected chi connectivity index (χ2v) is 5.57. The van der Waals surface area contributed by atoms with Crippen molar-refractivity contribution in [2.24, 2.45) is 5.16 Å². The lowest BCUT2D eigenvalue weighted by molar-refractivity contribution is -0.00913. The lowest BCUT2D eigenvalue weighted by atomic mass is 10.1. The van der Waals surface area contributed by atoms with Gasteiger partial charge in [0, 0.05) is 6.72 Å². The van der Waals surface area contributed by atoms with Crippen molar-refractivity contribution < 1.29 is 32.6 Å². The Kier molecular flexibility index (Phi) is 6.78. The normalized spacial score (nSPS) is 11.6. The minimum atomic E-state index is -1.37. The summed E-state index contributed by atoms with van der Waals surface area (Å²) in [6.45, 7) is 3.96. The van der Waals surface area contributed by atoms with E-state index in [1.54, 1.807) is 13.0 Å². The van der Waals surface area contributed by atoms with E-state index in [1.165, 1.54) is 12.1 Å². The molecule has 0 fully saturated rings. The van der Waals surface area contributed by atoms with Crippen molar-refractivity contribution >= 4 is 24.1 Å². The van der Waals surface area contributed by atoms with Gasteiger partial charge in [-0.3, -0.25) is 0 Å². The molecule has 6 nitrogen and oxygen atoms in total. The minimum Gasteiger partial charge on any atom is -0.459 e. The molecule has 144 valence electrons. The summed E-state index contributed by atoms with van der Waals surface area (Å²) in [7, 11) is 0. The fraction of sp³-hybridized carbons (Fsp3) is 0.222. The number of aliphatic hydroxyl groups is 1. The van der Waals surface area contributed by atoms with Crippen molar-refractivity contribution in [3.05, 3.63) is 58.9 Å². The van der Waals surface area contributed by atoms with Crippen molar-refractivity contribution in [3.63, 3.8) is 0 Å². The number of nitrogens with one attached hydrogen (secondary N) is 1. The van der Waals surface area contributed by atoms with E-state index in [2.05, 4.69) is 22.0 Å². The van der Waals surface area contributed by atoms with Crippen molar-refractivity contribution in [3.8, 4) is 0 Å². The van der Waals surface area contributed by atoms with Crippen LogP contribution in [0.1, 0.15) is 15.9 Å². The lowest BCUT2D eigenvalue weighted by Crippen LogP contribution is -2.23. The van der Waals surface area contributed by atoms with E-state index in [0.717, 1.165) is 12.1 Å². The maximum absolute atomic E-state index is 14.2. The van der Waals surface area contributed by atoms with E-state index in [9.17, 15) is 23.1 Å². The number of rotatable bonds is 8. The molecular formula is C18H17F3N2O4. The number of esters is 1. The molecule has 0 heterocycles. The second kappa shape index (κ2) is 9.04. The van der Waals surface area contributed by atoms with Crippen LogP contribution in [0.25, 0.3) is 0 Å². The van der Waals surface area contributed by atoms with Crippen molar-refractivity contribution in [2.75, 3.05) is 18.5 Å². The fourth-order valence-corrected chi connectivity index (χ4v) is 2.14. The number of anilines is 2. The highest BCUT2D eigenvalue weighted by atomic mass is 19.2. The Labute approximate surface area is 153 Å². The molecule has 0 aromatic heterocycles. The van der Waals surface area contributed by atoms with Gasteiger partial charge < -0.3 is 20.0 Å². The van der Waals surface area contributed by atoms with Gasteiger partial charge >= 0.3 is 5.97 Å². The molecule has 2 N–H and O–H groups in total. The molecule has 0 aliphatic rings. The molecular weight excluding hydrogens is 365 g/mol. The zero-order chi connectivity index (χ0) is 20.0. The van der Waals surface area contributed by atoms with Gasteiger partial charge in [0.05, 0.1) is 16.9 Å². The van der Waals surface area contributed by atoms with Crippen molar-refractivity contribution in [1.82, 2.24) is 0 Å². The molecule has 2 rings (SSSR count). The Hall–Kier alpha value is -3.07. The van der Waals surface area contributed by atoms with Crippen LogP contribution in [0.15, 0.2) is 35.5 Å². The van der Waals surface area contributed by atoms with Crippen LogP contribution in [-0.4, -0.2) is 37.1 Å². The molecule has 0 saturated heterocycles. The number of halogens is 3. The van der Waals surface area contributed by atoms with Gasteiger partial charge in [-0.2, -0.15) is 0 Å². The number of ether oxygens (including phenoxy) is 1. The van der Waals surface area contributed by atoms with E-state index in [0.29, 0.717) is 5.56 Å². The number of aliphatic hydroxyl groups excluding tert-OH is 1. The van der Waals surface area contributed by atoms with Gasteiger partial charge in [-0.25, -0.2) is 18.0 Å². The summed E-state index contributed by atoms with van der Waals surface area (Å²) >= 11 is 0. The molecule has 2 aromatic rings. The molecule has 0 aliphatic heterocycles. The largest absolute Gasteiger partial charge is 0.459 e. The van der Waals surface area contributed by atoms with Gasteiger partial charge in [0.15, 0.2) is 11.6 Å². The molecule has 9 heteroatoms. The van der Waals surface area contributed by atoms with Crippen LogP contribution in [0.4, 0.5) is 24.5 Å². The second-order valence-electron chi connectivity index (χ2n) is 5.57. The number of aryl methyl sites for hydroxylation is 1. The van der Waals surface area contributed by atoms with Crippen LogP contribution in [0.5, 0.6) is 0 Å². The average molecular weight is 382 g/mol. The third-order valence-electron chi connectivity index (χ3n) is 3.46. The van der Waals surface area contributed by atoms with E-state index in [1.807, 2.05) is 0 Å². The molecule has 2 aromatic carbocycles. The Morgan fingerprint density at radius 2 is 1.96 bits per heavy atom. The summed E-state index contributed by atoms with van der Waals surface area (Å²) < 4.78 is 46.7. The fourth-order valence-electron chi connectivity index (χ4n) is 2.14. The SMILES string of the molecule is C=NOCC(O)COC(=O)c1ccc(F)c(F)c1Nc1ccc(C)cc1F. The summed E-state index contributed by atoms with van der Waals surface area (Å²) in [5.41, 5.74) is -0.475. The number of hydrogen-bond acceptors (Lipinski definition) is 6. The van der Waals surface area contributed by atoms with Crippen LogP contribution in [0.3, 0.4) is 0 Å². The van der Waals surface area contributed by atoms with E-state index in [-0.39, 0.29) is 17.9 Å². The van der Waals surface area contributed by atoms with E-state index < -0.39 is 41.8 Å². The maximum atomic E-state index is 14.2. The number of carbonyl (C=O) groups is 1. The predicted molar refractivity (Wildman–Crippen MR) is 92.6 cm³/mol. The number of benzene rings is 2. The number of carbonyl (C=O) groups excluding carboxylic acids is 1. The molecule has 0 aliphatic carbocycles. The Balaban J connectivity index is 2.25. The maximum Gasteiger partial charge on any atom is 0.340 e. The van der Waals surface area contributed by atoms with Crippen LogP contribution in [0, 0.1) is 24.4 Å². The van der Waals surface area contributed by atoms with Gasteiger partial charge in [-0.15, -0.1) is 5.16 Å². The van der Waals surface area contributed by atoms with Gasteiger partial charge in [-0.1, -0.05) is 6.07 Å². The number of hydrogen-bond donors (Lipinski definition) is 2. The summed E-state index contributed by atoms with van der Waals surface area (Å²) in [6.07, 6.45) is -1.20. The topological polar surface area (TPSA) is 80.2 Å². The highest BCUT2D eigenvalue weighted by Crippen LogP contribution is 2.28. The van der Waals surface area contributed by atoms with E-state index >= 15 is 0 Å². The Morgan fingerprint density at radius 1 is 1.22 bits per heavy atom. The molecule has 1 unspecified atom stereocenters. The summed E-state index contributed by atoms with van der Waals surface area (Å²) in [4.78, 5) is 16.7. The summed E-state index contributed by atoms with van der Waals surface area (Å²) in [6, 6.07) is 5.81. The van der Waals surface area contributed by atoms with Gasteiger partial charge in [0.2, 0.25) is 0 Å². The van der Waals surface area contributed by atoms with Crippen LogP contribution >= 0.6 is 0 Å². The third kappa shape index (κ3) is 5.20. The zero-order valence-electron chi connectivity index (χ0n) is 14.3. The molecule has 1 atom stereocenters. The first-order chi connectivity index (χ1) is 12.8. The molecule has 0 spiro atoms.